The van der Waals surface area contributed by atoms with Gasteiger partial charge in [0.15, 0.2) is 0 Å². The van der Waals surface area contributed by atoms with Crippen molar-refractivity contribution in [2.75, 3.05) is 17.0 Å². The Kier molecular flexibility index (Phi) is 11.5. The Morgan fingerprint density at radius 3 is 2.04 bits per heavy atom. The van der Waals surface area contributed by atoms with Crippen LogP contribution in [0.4, 0.5) is 5.69 Å². The molecule has 45 heavy (non-hydrogen) atoms. The molecule has 11 heteroatoms. The van der Waals surface area contributed by atoms with Crippen LogP contribution in [0.5, 0.6) is 0 Å². The minimum atomic E-state index is -3.70. The van der Waals surface area contributed by atoms with E-state index in [0.717, 1.165) is 11.1 Å². The molecule has 0 fully saturated rings. The second kappa shape index (κ2) is 15.5. The van der Waals surface area contributed by atoms with E-state index in [-0.39, 0.29) is 41.2 Å². The number of amides is 2. The van der Waals surface area contributed by atoms with Crippen LogP contribution in [0.15, 0.2) is 102 Å². The van der Waals surface area contributed by atoms with E-state index in [1.807, 2.05) is 80.6 Å². The zero-order valence-corrected chi connectivity index (χ0v) is 26.4. The van der Waals surface area contributed by atoms with E-state index in [4.69, 9.17) is 4.42 Å². The first-order valence-electron chi connectivity index (χ1n) is 14.9. The third-order valence-electron chi connectivity index (χ3n) is 7.44. The van der Waals surface area contributed by atoms with E-state index >= 15 is 0 Å². The van der Waals surface area contributed by atoms with Crippen molar-refractivity contribution < 1.29 is 27.5 Å². The molecule has 3 aromatic carbocycles. The van der Waals surface area contributed by atoms with Crippen LogP contribution < -0.4 is 20.7 Å². The van der Waals surface area contributed by atoms with Crippen LogP contribution in [0.1, 0.15) is 70.5 Å². The Labute approximate surface area is 264 Å². The molecule has 0 aliphatic carbocycles. The molecule has 10 nitrogen and oxygen atoms in total. The van der Waals surface area contributed by atoms with Gasteiger partial charge < -0.3 is 25.5 Å². The fourth-order valence-electron chi connectivity index (χ4n) is 4.79. The predicted molar refractivity (Wildman–Crippen MR) is 174 cm³/mol. The van der Waals surface area contributed by atoms with Gasteiger partial charge in [0, 0.05) is 17.7 Å². The standard InChI is InChI=1S/C34H40N4O6S/c1-4-45(42,43)38-29-20-27(33(40)36-23(2)26-14-9-6-10-15-26)19-28(21-29)34(41)37-30(18-25-12-7-5-8-13-25)31(39)22-35-24(3)32-16-11-17-44-32/h5-17,19-21,23-24,30-31,35,38-39H,4,18,22H2,1-3H3,(H,36,40)(H,37,41)/t23-,24?,30-,31+/m0/s1. The lowest BCUT2D eigenvalue weighted by Gasteiger charge is -2.26. The minimum Gasteiger partial charge on any atom is -0.468 e. The molecule has 0 saturated carbocycles. The summed E-state index contributed by atoms with van der Waals surface area (Å²) in [5, 5.41) is 20.3. The summed E-state index contributed by atoms with van der Waals surface area (Å²) < 4.78 is 32.7. The van der Waals surface area contributed by atoms with Crippen LogP contribution in [0.3, 0.4) is 0 Å². The van der Waals surface area contributed by atoms with E-state index in [9.17, 15) is 23.1 Å². The molecule has 0 bridgehead atoms. The first-order chi connectivity index (χ1) is 21.5. The zero-order valence-electron chi connectivity index (χ0n) is 25.6. The van der Waals surface area contributed by atoms with Gasteiger partial charge in [-0.2, -0.15) is 0 Å². The molecule has 2 amide bonds. The summed E-state index contributed by atoms with van der Waals surface area (Å²) >= 11 is 0. The highest BCUT2D eigenvalue weighted by molar-refractivity contribution is 7.92. The van der Waals surface area contributed by atoms with Crippen molar-refractivity contribution in [2.24, 2.45) is 0 Å². The highest BCUT2D eigenvalue weighted by Gasteiger charge is 2.25. The number of benzene rings is 3. The van der Waals surface area contributed by atoms with Gasteiger partial charge in [0.05, 0.1) is 41.9 Å². The minimum absolute atomic E-state index is 0.0611. The number of carbonyl (C=O) groups excluding carboxylic acids is 2. The van der Waals surface area contributed by atoms with Crippen LogP contribution in [-0.2, 0) is 16.4 Å². The number of furan rings is 1. The highest BCUT2D eigenvalue weighted by atomic mass is 32.2. The molecule has 5 N–H and O–H groups in total. The highest BCUT2D eigenvalue weighted by Crippen LogP contribution is 2.20. The lowest BCUT2D eigenvalue weighted by atomic mass is 9.99. The van der Waals surface area contributed by atoms with Crippen LogP contribution in [-0.4, -0.2) is 49.8 Å². The van der Waals surface area contributed by atoms with E-state index in [0.29, 0.717) is 12.2 Å². The molecular formula is C34H40N4O6S. The molecule has 4 atom stereocenters. The Morgan fingerprint density at radius 1 is 0.822 bits per heavy atom. The monoisotopic (exact) mass is 632 g/mol. The molecule has 1 heterocycles. The number of carbonyl (C=O) groups is 2. The number of aliphatic hydroxyl groups is 1. The van der Waals surface area contributed by atoms with Gasteiger partial charge in [0.2, 0.25) is 10.0 Å². The second-order valence-corrected chi connectivity index (χ2v) is 12.9. The van der Waals surface area contributed by atoms with Crippen molar-refractivity contribution in [1.29, 1.82) is 0 Å². The van der Waals surface area contributed by atoms with Crippen molar-refractivity contribution in [3.8, 4) is 0 Å². The van der Waals surface area contributed by atoms with Crippen LogP contribution in [0.2, 0.25) is 0 Å². The van der Waals surface area contributed by atoms with E-state index in [1.54, 1.807) is 12.3 Å². The molecule has 0 aliphatic rings. The lowest BCUT2D eigenvalue weighted by Crippen LogP contribution is -2.49. The smallest absolute Gasteiger partial charge is 0.251 e. The average Bonchev–Trinajstić information content (AvgIpc) is 3.59. The third kappa shape index (κ3) is 9.77. The van der Waals surface area contributed by atoms with Crippen molar-refractivity contribution in [3.05, 3.63) is 125 Å². The Hall–Kier alpha value is -4.45. The molecule has 1 unspecified atom stereocenters. The zero-order chi connectivity index (χ0) is 32.4. The molecule has 0 aliphatic heterocycles. The summed E-state index contributed by atoms with van der Waals surface area (Å²) in [7, 11) is -3.70. The second-order valence-electron chi connectivity index (χ2n) is 10.9. The summed E-state index contributed by atoms with van der Waals surface area (Å²) in [6, 6.07) is 25.4. The van der Waals surface area contributed by atoms with Crippen molar-refractivity contribution in [1.82, 2.24) is 16.0 Å². The topological polar surface area (TPSA) is 150 Å². The summed E-state index contributed by atoms with van der Waals surface area (Å²) in [5.74, 6) is -0.526. The van der Waals surface area contributed by atoms with Gasteiger partial charge in [0.25, 0.3) is 11.8 Å². The third-order valence-corrected chi connectivity index (χ3v) is 8.75. The van der Waals surface area contributed by atoms with Gasteiger partial charge in [0.1, 0.15) is 5.76 Å². The fourth-order valence-corrected chi connectivity index (χ4v) is 5.41. The number of aliphatic hydroxyl groups excluding tert-OH is 1. The normalized spacial score (nSPS) is 14.1. The SMILES string of the molecule is CCS(=O)(=O)Nc1cc(C(=O)N[C@@H](C)c2ccccc2)cc(C(=O)N[C@@H](Cc2ccccc2)[C@H](O)CNC(C)c2ccco2)c1. The number of hydrogen-bond donors (Lipinski definition) is 5. The van der Waals surface area contributed by atoms with Gasteiger partial charge in [-0.15, -0.1) is 0 Å². The quantitative estimate of drug-likeness (QED) is 0.129. The van der Waals surface area contributed by atoms with Gasteiger partial charge in [-0.3, -0.25) is 14.3 Å². The lowest BCUT2D eigenvalue weighted by molar-refractivity contribution is 0.0824. The summed E-state index contributed by atoms with van der Waals surface area (Å²) in [5.41, 5.74) is 2.04. The largest absolute Gasteiger partial charge is 0.468 e. The molecule has 4 aromatic rings. The molecule has 238 valence electrons. The fraction of sp³-hybridized carbons (Fsp3) is 0.294. The van der Waals surface area contributed by atoms with Gasteiger partial charge in [-0.05, 0) is 68.7 Å². The van der Waals surface area contributed by atoms with Crippen LogP contribution in [0, 0.1) is 0 Å². The van der Waals surface area contributed by atoms with Crippen LogP contribution >= 0.6 is 0 Å². The number of rotatable bonds is 15. The predicted octanol–water partition coefficient (Wildman–Crippen LogP) is 4.59. The number of sulfonamides is 1. The van der Waals surface area contributed by atoms with Gasteiger partial charge in [-0.25, -0.2) is 8.42 Å². The maximum atomic E-state index is 13.7. The molecule has 0 spiro atoms. The van der Waals surface area contributed by atoms with Crippen molar-refractivity contribution in [3.63, 3.8) is 0 Å². The number of nitrogens with one attached hydrogen (secondary N) is 4. The Morgan fingerprint density at radius 2 is 1.44 bits per heavy atom. The van der Waals surface area contributed by atoms with Crippen molar-refractivity contribution in [2.45, 2.75) is 51.4 Å². The molecule has 1 aromatic heterocycles. The summed E-state index contributed by atoms with van der Waals surface area (Å²) in [4.78, 5) is 27.0. The maximum Gasteiger partial charge on any atom is 0.251 e. The molecule has 0 saturated heterocycles. The first kappa shape index (κ1) is 33.4. The summed E-state index contributed by atoms with van der Waals surface area (Å²) in [6.45, 7) is 5.39. The maximum absolute atomic E-state index is 13.7. The van der Waals surface area contributed by atoms with Gasteiger partial charge >= 0.3 is 0 Å². The van der Waals surface area contributed by atoms with E-state index in [2.05, 4.69) is 20.7 Å². The van der Waals surface area contributed by atoms with E-state index in [1.165, 1.54) is 25.1 Å². The number of hydrogen-bond acceptors (Lipinski definition) is 7. The summed E-state index contributed by atoms with van der Waals surface area (Å²) in [6.07, 6.45) is 0.908. The van der Waals surface area contributed by atoms with E-state index < -0.39 is 34.0 Å². The molecule has 0 radical (unpaired) electrons. The number of anilines is 1. The van der Waals surface area contributed by atoms with Crippen molar-refractivity contribution >= 4 is 27.5 Å². The molecular weight excluding hydrogens is 592 g/mol. The van der Waals surface area contributed by atoms with Crippen LogP contribution in [0.25, 0.3) is 0 Å². The first-order valence-corrected chi connectivity index (χ1v) is 16.5. The Balaban J connectivity index is 1.58. The molecule has 4 rings (SSSR count). The average molecular weight is 633 g/mol. The van der Waals surface area contributed by atoms with Gasteiger partial charge in [-0.1, -0.05) is 60.7 Å². The Bertz CT molecular complexity index is 1650.